The highest BCUT2D eigenvalue weighted by molar-refractivity contribution is 5.42. The van der Waals surface area contributed by atoms with Crippen molar-refractivity contribution < 1.29 is 14.6 Å². The van der Waals surface area contributed by atoms with Crippen LogP contribution in [-0.4, -0.2) is 31.5 Å². The van der Waals surface area contributed by atoms with Crippen LogP contribution in [0.2, 0.25) is 0 Å². The first-order valence-electron chi connectivity index (χ1n) is 7.31. The van der Waals surface area contributed by atoms with E-state index >= 15 is 0 Å². The van der Waals surface area contributed by atoms with E-state index in [1.165, 1.54) is 6.42 Å². The van der Waals surface area contributed by atoms with Gasteiger partial charge in [0, 0.05) is 17.6 Å². The van der Waals surface area contributed by atoms with Crippen LogP contribution >= 0.6 is 0 Å². The van der Waals surface area contributed by atoms with Gasteiger partial charge < -0.3 is 19.9 Å². The molecule has 1 aromatic rings. The van der Waals surface area contributed by atoms with Crippen molar-refractivity contribution in [1.82, 2.24) is 5.32 Å². The van der Waals surface area contributed by atoms with Gasteiger partial charge in [-0.2, -0.15) is 0 Å². The van der Waals surface area contributed by atoms with Crippen molar-refractivity contribution >= 4 is 0 Å². The predicted octanol–water partition coefficient (Wildman–Crippen LogP) is 2.66. The molecule has 3 unspecified atom stereocenters. The Kier molecular flexibility index (Phi) is 5.26. The fourth-order valence-electron chi connectivity index (χ4n) is 2.89. The number of ether oxygens (including phenoxy) is 2. The van der Waals surface area contributed by atoms with E-state index in [0.29, 0.717) is 0 Å². The number of hydrogen-bond acceptors (Lipinski definition) is 4. The molecular weight excluding hydrogens is 254 g/mol. The summed E-state index contributed by atoms with van der Waals surface area (Å²) in [6.45, 7) is 2.10. The standard InChI is InChI=1S/C16H25NO3/c1-11(17-14-6-4-5-7-15(14)18)13-10-12(19-2)8-9-16(13)20-3/h8-11,14-15,17-18H,4-7H2,1-3H3. The molecule has 112 valence electrons. The first-order valence-corrected chi connectivity index (χ1v) is 7.31. The fourth-order valence-corrected chi connectivity index (χ4v) is 2.89. The molecule has 0 aliphatic heterocycles. The summed E-state index contributed by atoms with van der Waals surface area (Å²) in [6, 6.07) is 6.08. The van der Waals surface area contributed by atoms with Crippen molar-refractivity contribution in [2.75, 3.05) is 14.2 Å². The average molecular weight is 279 g/mol. The third-order valence-electron chi connectivity index (χ3n) is 4.10. The van der Waals surface area contributed by atoms with Gasteiger partial charge in [0.1, 0.15) is 11.5 Å². The van der Waals surface area contributed by atoms with E-state index in [4.69, 9.17) is 9.47 Å². The minimum atomic E-state index is -0.247. The first kappa shape index (κ1) is 15.1. The molecule has 4 nitrogen and oxygen atoms in total. The predicted molar refractivity (Wildman–Crippen MR) is 79.4 cm³/mol. The summed E-state index contributed by atoms with van der Waals surface area (Å²) in [5, 5.41) is 13.6. The first-order chi connectivity index (χ1) is 9.65. The normalized spacial score (nSPS) is 24.2. The Labute approximate surface area is 121 Å². The number of hydrogen-bond donors (Lipinski definition) is 2. The van der Waals surface area contributed by atoms with Gasteiger partial charge in [0.25, 0.3) is 0 Å². The second-order valence-electron chi connectivity index (χ2n) is 5.45. The van der Waals surface area contributed by atoms with Crippen LogP contribution < -0.4 is 14.8 Å². The highest BCUT2D eigenvalue weighted by Crippen LogP contribution is 2.30. The molecular formula is C16H25NO3. The van der Waals surface area contributed by atoms with Crippen molar-refractivity contribution in [2.24, 2.45) is 0 Å². The molecule has 1 aliphatic carbocycles. The minimum absolute atomic E-state index is 0.109. The maximum Gasteiger partial charge on any atom is 0.123 e. The van der Waals surface area contributed by atoms with Crippen LogP contribution in [-0.2, 0) is 0 Å². The Morgan fingerprint density at radius 3 is 2.60 bits per heavy atom. The van der Waals surface area contributed by atoms with Gasteiger partial charge in [-0.3, -0.25) is 0 Å². The van der Waals surface area contributed by atoms with Gasteiger partial charge in [0.05, 0.1) is 20.3 Å². The molecule has 1 aliphatic rings. The maximum atomic E-state index is 10.1. The van der Waals surface area contributed by atoms with Crippen molar-refractivity contribution in [3.63, 3.8) is 0 Å². The minimum Gasteiger partial charge on any atom is -0.497 e. The van der Waals surface area contributed by atoms with Gasteiger partial charge in [0.15, 0.2) is 0 Å². The summed E-state index contributed by atoms with van der Waals surface area (Å²) < 4.78 is 10.7. The molecule has 1 fully saturated rings. The van der Waals surface area contributed by atoms with E-state index in [1.54, 1.807) is 14.2 Å². The van der Waals surface area contributed by atoms with Gasteiger partial charge in [-0.25, -0.2) is 0 Å². The van der Waals surface area contributed by atoms with Crippen LogP contribution in [0.15, 0.2) is 18.2 Å². The molecule has 2 rings (SSSR count). The number of methoxy groups -OCH3 is 2. The molecule has 0 heterocycles. The fraction of sp³-hybridized carbons (Fsp3) is 0.625. The van der Waals surface area contributed by atoms with Crippen LogP contribution in [0.4, 0.5) is 0 Å². The summed E-state index contributed by atoms with van der Waals surface area (Å²) in [7, 11) is 3.34. The third kappa shape index (κ3) is 3.44. The second-order valence-corrected chi connectivity index (χ2v) is 5.45. The molecule has 0 bridgehead atoms. The molecule has 20 heavy (non-hydrogen) atoms. The van der Waals surface area contributed by atoms with Crippen LogP contribution in [0.1, 0.15) is 44.2 Å². The summed E-state index contributed by atoms with van der Waals surface area (Å²) in [5.74, 6) is 1.66. The number of aliphatic hydroxyl groups is 1. The maximum absolute atomic E-state index is 10.1. The van der Waals surface area contributed by atoms with E-state index in [9.17, 15) is 5.11 Å². The van der Waals surface area contributed by atoms with Gasteiger partial charge in [-0.15, -0.1) is 0 Å². The van der Waals surface area contributed by atoms with Crippen LogP contribution in [0.3, 0.4) is 0 Å². The van der Waals surface area contributed by atoms with E-state index in [1.807, 2.05) is 18.2 Å². The monoisotopic (exact) mass is 279 g/mol. The summed E-state index contributed by atoms with van der Waals surface area (Å²) >= 11 is 0. The number of rotatable bonds is 5. The Morgan fingerprint density at radius 2 is 1.95 bits per heavy atom. The van der Waals surface area contributed by atoms with Crippen molar-refractivity contribution in [3.8, 4) is 11.5 Å². The molecule has 1 aromatic carbocycles. The zero-order valence-corrected chi connectivity index (χ0v) is 12.6. The summed E-state index contributed by atoms with van der Waals surface area (Å²) in [4.78, 5) is 0. The summed E-state index contributed by atoms with van der Waals surface area (Å²) in [6.07, 6.45) is 3.97. The molecule has 0 aromatic heterocycles. The lowest BCUT2D eigenvalue weighted by molar-refractivity contribution is 0.0858. The van der Waals surface area contributed by atoms with E-state index < -0.39 is 0 Å². The topological polar surface area (TPSA) is 50.7 Å². The number of benzene rings is 1. The van der Waals surface area contributed by atoms with E-state index in [-0.39, 0.29) is 18.2 Å². The third-order valence-corrected chi connectivity index (χ3v) is 4.10. The van der Waals surface area contributed by atoms with Gasteiger partial charge in [0.2, 0.25) is 0 Å². The Morgan fingerprint density at radius 1 is 1.20 bits per heavy atom. The molecule has 4 heteroatoms. The molecule has 1 saturated carbocycles. The lowest BCUT2D eigenvalue weighted by Gasteiger charge is -2.31. The Balaban J connectivity index is 2.12. The van der Waals surface area contributed by atoms with Crippen molar-refractivity contribution in [2.45, 2.75) is 50.8 Å². The van der Waals surface area contributed by atoms with E-state index in [2.05, 4.69) is 12.2 Å². The van der Waals surface area contributed by atoms with Crippen LogP contribution in [0.25, 0.3) is 0 Å². The van der Waals surface area contributed by atoms with Crippen LogP contribution in [0, 0.1) is 0 Å². The summed E-state index contributed by atoms with van der Waals surface area (Å²) in [5.41, 5.74) is 1.06. The Hall–Kier alpha value is -1.26. The van der Waals surface area contributed by atoms with Crippen molar-refractivity contribution in [3.05, 3.63) is 23.8 Å². The average Bonchev–Trinajstić information content (AvgIpc) is 2.48. The van der Waals surface area contributed by atoms with E-state index in [0.717, 1.165) is 36.3 Å². The highest BCUT2D eigenvalue weighted by Gasteiger charge is 2.25. The zero-order valence-electron chi connectivity index (χ0n) is 12.6. The Bertz CT molecular complexity index is 436. The molecule has 0 radical (unpaired) electrons. The van der Waals surface area contributed by atoms with Crippen LogP contribution in [0.5, 0.6) is 11.5 Å². The lowest BCUT2D eigenvalue weighted by Crippen LogP contribution is -2.43. The number of nitrogens with one attached hydrogen (secondary N) is 1. The largest absolute Gasteiger partial charge is 0.497 e. The SMILES string of the molecule is COc1ccc(OC)c(C(C)NC2CCCCC2O)c1. The zero-order chi connectivity index (χ0) is 14.5. The smallest absolute Gasteiger partial charge is 0.123 e. The molecule has 2 N–H and O–H groups in total. The molecule has 0 saturated heterocycles. The molecule has 0 spiro atoms. The van der Waals surface area contributed by atoms with Gasteiger partial charge >= 0.3 is 0 Å². The highest BCUT2D eigenvalue weighted by atomic mass is 16.5. The number of aliphatic hydroxyl groups excluding tert-OH is 1. The molecule has 3 atom stereocenters. The van der Waals surface area contributed by atoms with Gasteiger partial charge in [-0.05, 0) is 38.0 Å². The van der Waals surface area contributed by atoms with Crippen molar-refractivity contribution in [1.29, 1.82) is 0 Å². The molecule has 0 amide bonds. The lowest BCUT2D eigenvalue weighted by atomic mass is 9.91. The van der Waals surface area contributed by atoms with Gasteiger partial charge in [-0.1, -0.05) is 12.8 Å². The second kappa shape index (κ2) is 6.95. The quantitative estimate of drug-likeness (QED) is 0.870.